The van der Waals surface area contributed by atoms with Crippen LogP contribution >= 0.6 is 0 Å². The van der Waals surface area contributed by atoms with Gasteiger partial charge in [-0.2, -0.15) is 4.90 Å². The maximum absolute atomic E-state index is 12.2. The number of hydrogen-bond donors (Lipinski definition) is 0. The normalized spacial score (nSPS) is 20.5. The van der Waals surface area contributed by atoms with Gasteiger partial charge in [-0.1, -0.05) is 30.3 Å². The van der Waals surface area contributed by atoms with Crippen molar-refractivity contribution in [3.63, 3.8) is 0 Å². The van der Waals surface area contributed by atoms with E-state index in [0.717, 1.165) is 5.56 Å². The minimum Gasteiger partial charge on any atom is -0.459 e. The SMILES string of the molecule is CCOC(=O)N1C(=O)OC(C)C1C(=O)OCc1ccccc1. The van der Waals surface area contributed by atoms with Gasteiger partial charge in [-0.15, -0.1) is 0 Å². The first-order chi connectivity index (χ1) is 10.5. The molecule has 7 nitrogen and oxygen atoms in total. The van der Waals surface area contributed by atoms with E-state index in [2.05, 4.69) is 0 Å². The highest BCUT2D eigenvalue weighted by molar-refractivity contribution is 5.96. The highest BCUT2D eigenvalue weighted by atomic mass is 16.6. The fourth-order valence-electron chi connectivity index (χ4n) is 2.10. The summed E-state index contributed by atoms with van der Waals surface area (Å²) in [4.78, 5) is 36.3. The first kappa shape index (κ1) is 15.8. The first-order valence-corrected chi connectivity index (χ1v) is 6.91. The average Bonchev–Trinajstić information content (AvgIpc) is 2.80. The third-order valence-electron chi connectivity index (χ3n) is 3.14. The van der Waals surface area contributed by atoms with E-state index in [0.29, 0.717) is 4.90 Å². The molecule has 1 aromatic carbocycles. The third kappa shape index (κ3) is 3.36. The van der Waals surface area contributed by atoms with Gasteiger partial charge in [-0.25, -0.2) is 14.4 Å². The molecule has 1 fully saturated rings. The van der Waals surface area contributed by atoms with Crippen LogP contribution in [0, 0.1) is 0 Å². The molecule has 2 unspecified atom stereocenters. The molecule has 1 aromatic rings. The van der Waals surface area contributed by atoms with Crippen molar-refractivity contribution in [2.75, 3.05) is 6.61 Å². The summed E-state index contributed by atoms with van der Waals surface area (Å²) in [6.07, 6.45) is -2.62. The van der Waals surface area contributed by atoms with Crippen molar-refractivity contribution in [1.82, 2.24) is 4.90 Å². The van der Waals surface area contributed by atoms with E-state index in [1.807, 2.05) is 18.2 Å². The van der Waals surface area contributed by atoms with Gasteiger partial charge >= 0.3 is 18.2 Å². The van der Waals surface area contributed by atoms with Crippen LogP contribution in [0.4, 0.5) is 9.59 Å². The van der Waals surface area contributed by atoms with E-state index in [1.54, 1.807) is 19.1 Å². The summed E-state index contributed by atoms with van der Waals surface area (Å²) in [6, 6.07) is 7.94. The van der Waals surface area contributed by atoms with E-state index in [-0.39, 0.29) is 13.2 Å². The average molecular weight is 307 g/mol. The van der Waals surface area contributed by atoms with Gasteiger partial charge < -0.3 is 14.2 Å². The van der Waals surface area contributed by atoms with Crippen molar-refractivity contribution < 1.29 is 28.6 Å². The summed E-state index contributed by atoms with van der Waals surface area (Å²) in [5.41, 5.74) is 0.802. The molecule has 2 amide bonds. The molecular formula is C15H17NO6. The minimum atomic E-state index is -1.14. The van der Waals surface area contributed by atoms with Crippen LogP contribution in [0.25, 0.3) is 0 Å². The zero-order valence-corrected chi connectivity index (χ0v) is 12.4. The van der Waals surface area contributed by atoms with Crippen LogP contribution in [0.5, 0.6) is 0 Å². The van der Waals surface area contributed by atoms with Gasteiger partial charge in [-0.05, 0) is 19.4 Å². The lowest BCUT2D eigenvalue weighted by Gasteiger charge is -2.19. The molecule has 1 aliphatic heterocycles. The zero-order chi connectivity index (χ0) is 16.1. The molecule has 1 aliphatic rings. The van der Waals surface area contributed by atoms with Gasteiger partial charge in [0, 0.05) is 0 Å². The standard InChI is InChI=1S/C15H17NO6/c1-3-20-14(18)16-12(10(2)22-15(16)19)13(17)21-9-11-7-5-4-6-8-11/h4-8,10,12H,3,9H2,1-2H3. The Hall–Kier alpha value is -2.57. The topological polar surface area (TPSA) is 82.1 Å². The fraction of sp³-hybridized carbons (Fsp3) is 0.400. The van der Waals surface area contributed by atoms with Crippen LogP contribution < -0.4 is 0 Å². The monoisotopic (exact) mass is 307 g/mol. The molecule has 0 radical (unpaired) electrons. The Morgan fingerprint density at radius 2 is 1.91 bits per heavy atom. The molecular weight excluding hydrogens is 290 g/mol. The second-order valence-electron chi connectivity index (χ2n) is 4.70. The van der Waals surface area contributed by atoms with Gasteiger partial charge in [0.2, 0.25) is 0 Å². The van der Waals surface area contributed by atoms with Gasteiger partial charge in [0.15, 0.2) is 6.04 Å². The summed E-state index contributed by atoms with van der Waals surface area (Å²) in [7, 11) is 0. The Morgan fingerprint density at radius 1 is 1.23 bits per heavy atom. The van der Waals surface area contributed by atoms with E-state index in [4.69, 9.17) is 14.2 Å². The molecule has 2 rings (SSSR count). The van der Waals surface area contributed by atoms with Crippen molar-refractivity contribution in [2.45, 2.75) is 32.6 Å². The Balaban J connectivity index is 2.05. The number of ether oxygens (including phenoxy) is 3. The number of hydrogen-bond acceptors (Lipinski definition) is 6. The van der Waals surface area contributed by atoms with Gasteiger partial charge in [0.05, 0.1) is 6.61 Å². The van der Waals surface area contributed by atoms with Crippen molar-refractivity contribution in [1.29, 1.82) is 0 Å². The molecule has 22 heavy (non-hydrogen) atoms. The molecule has 118 valence electrons. The van der Waals surface area contributed by atoms with Crippen molar-refractivity contribution in [2.24, 2.45) is 0 Å². The number of benzene rings is 1. The maximum atomic E-state index is 12.2. The number of esters is 1. The molecule has 7 heteroatoms. The number of cyclic esters (lactones) is 1. The molecule has 0 aliphatic carbocycles. The lowest BCUT2D eigenvalue weighted by molar-refractivity contribution is -0.150. The van der Waals surface area contributed by atoms with Crippen LogP contribution in [0.15, 0.2) is 30.3 Å². The molecule has 1 saturated heterocycles. The summed E-state index contributed by atoms with van der Waals surface area (Å²) < 4.78 is 14.8. The Bertz CT molecular complexity index is 558. The minimum absolute atomic E-state index is 0.0494. The number of rotatable bonds is 4. The van der Waals surface area contributed by atoms with Crippen molar-refractivity contribution >= 4 is 18.2 Å². The summed E-state index contributed by atoms with van der Waals surface area (Å²) >= 11 is 0. The Labute approximate surface area is 127 Å². The lowest BCUT2D eigenvalue weighted by Crippen LogP contribution is -2.46. The smallest absolute Gasteiger partial charge is 0.420 e. The lowest BCUT2D eigenvalue weighted by atomic mass is 10.2. The Kier molecular flexibility index (Phi) is 4.98. The van der Waals surface area contributed by atoms with Gasteiger partial charge in [0.25, 0.3) is 0 Å². The number of imide groups is 1. The number of amides is 2. The molecule has 0 spiro atoms. The summed E-state index contributed by atoms with van der Waals surface area (Å²) in [6.45, 7) is 3.26. The van der Waals surface area contributed by atoms with Crippen LogP contribution in [0.2, 0.25) is 0 Å². The van der Waals surface area contributed by atoms with E-state index in [9.17, 15) is 14.4 Å². The second-order valence-corrected chi connectivity index (χ2v) is 4.70. The highest BCUT2D eigenvalue weighted by Gasteiger charge is 2.49. The highest BCUT2D eigenvalue weighted by Crippen LogP contribution is 2.22. The number of nitrogens with zero attached hydrogens (tertiary/aromatic N) is 1. The predicted molar refractivity (Wildman–Crippen MR) is 74.8 cm³/mol. The molecule has 0 N–H and O–H groups in total. The van der Waals surface area contributed by atoms with Crippen LogP contribution in [0.1, 0.15) is 19.4 Å². The molecule has 0 saturated carbocycles. The molecule has 1 heterocycles. The van der Waals surface area contributed by atoms with Gasteiger partial charge in [-0.3, -0.25) is 0 Å². The summed E-state index contributed by atoms with van der Waals surface area (Å²) in [5.74, 6) is -0.713. The van der Waals surface area contributed by atoms with E-state index >= 15 is 0 Å². The summed E-state index contributed by atoms with van der Waals surface area (Å²) in [5, 5.41) is 0. The van der Waals surface area contributed by atoms with E-state index < -0.39 is 30.3 Å². The van der Waals surface area contributed by atoms with Crippen molar-refractivity contribution in [3.8, 4) is 0 Å². The second kappa shape index (κ2) is 6.93. The number of carbonyl (C=O) groups is 3. The predicted octanol–water partition coefficient (Wildman–Crippen LogP) is 2.10. The fourth-order valence-corrected chi connectivity index (χ4v) is 2.10. The van der Waals surface area contributed by atoms with Gasteiger partial charge in [0.1, 0.15) is 12.7 Å². The molecule has 2 atom stereocenters. The van der Waals surface area contributed by atoms with Crippen molar-refractivity contribution in [3.05, 3.63) is 35.9 Å². The molecule has 0 aromatic heterocycles. The third-order valence-corrected chi connectivity index (χ3v) is 3.14. The quantitative estimate of drug-likeness (QED) is 0.626. The maximum Gasteiger partial charge on any atom is 0.420 e. The number of carbonyl (C=O) groups excluding carboxylic acids is 3. The largest absolute Gasteiger partial charge is 0.459 e. The first-order valence-electron chi connectivity index (χ1n) is 6.91. The van der Waals surface area contributed by atoms with Crippen LogP contribution in [0.3, 0.4) is 0 Å². The van der Waals surface area contributed by atoms with E-state index in [1.165, 1.54) is 6.92 Å². The van der Waals surface area contributed by atoms with Crippen LogP contribution in [-0.2, 0) is 25.6 Å². The Morgan fingerprint density at radius 3 is 2.55 bits per heavy atom. The van der Waals surface area contributed by atoms with Crippen LogP contribution in [-0.4, -0.2) is 41.8 Å². The molecule has 0 bridgehead atoms. The zero-order valence-electron chi connectivity index (χ0n) is 12.4.